The number of hydrogen-bond donors (Lipinski definition) is 2. The summed E-state index contributed by atoms with van der Waals surface area (Å²) in [5.74, 6) is -0.440. The molecule has 7 heteroatoms. The lowest BCUT2D eigenvalue weighted by Gasteiger charge is -2.10. The maximum atomic E-state index is 12.1. The summed E-state index contributed by atoms with van der Waals surface area (Å²) in [6, 6.07) is 7.75. The van der Waals surface area contributed by atoms with Crippen molar-refractivity contribution in [1.82, 2.24) is 0 Å². The topological polar surface area (TPSA) is 49.3 Å². The smallest absolute Gasteiger partial charge is 0.255 e. The number of benzene rings is 2. The zero-order valence-corrected chi connectivity index (χ0v) is 14.4. The van der Waals surface area contributed by atoms with Crippen molar-refractivity contribution in [1.29, 1.82) is 0 Å². The van der Waals surface area contributed by atoms with Crippen molar-refractivity contribution in [2.24, 2.45) is 0 Å². The van der Waals surface area contributed by atoms with Crippen molar-refractivity contribution >= 4 is 66.7 Å². The van der Waals surface area contributed by atoms with Crippen LogP contribution in [-0.4, -0.2) is 11.0 Å². The molecule has 2 aromatic rings. The maximum Gasteiger partial charge on any atom is 0.255 e. The first-order valence-electron chi connectivity index (χ1n) is 5.33. The van der Waals surface area contributed by atoms with Gasteiger partial charge in [-0.2, -0.15) is 0 Å². The maximum absolute atomic E-state index is 12.1. The number of carbonyl (C=O) groups excluding carboxylic acids is 1. The number of anilines is 1. The summed E-state index contributed by atoms with van der Waals surface area (Å²) < 4.78 is 1.22. The summed E-state index contributed by atoms with van der Waals surface area (Å²) in [5.41, 5.74) is 0.615. The van der Waals surface area contributed by atoms with Crippen molar-refractivity contribution in [2.75, 3.05) is 5.32 Å². The average molecular weight is 440 g/mol. The molecule has 0 radical (unpaired) electrons. The molecule has 0 saturated heterocycles. The molecule has 3 nitrogen and oxygen atoms in total. The number of rotatable bonds is 2. The minimum Gasteiger partial charge on any atom is -0.507 e. The van der Waals surface area contributed by atoms with Crippen molar-refractivity contribution in [3.05, 3.63) is 54.9 Å². The molecular formula is C13H7Br2Cl2NO2. The molecular weight excluding hydrogens is 433 g/mol. The molecule has 0 aromatic heterocycles. The predicted octanol–water partition coefficient (Wildman–Crippen LogP) is 5.48. The van der Waals surface area contributed by atoms with E-state index in [0.29, 0.717) is 30.2 Å². The highest BCUT2D eigenvalue weighted by atomic mass is 79.9. The molecule has 0 aliphatic heterocycles. The van der Waals surface area contributed by atoms with Gasteiger partial charge in [-0.15, -0.1) is 0 Å². The summed E-state index contributed by atoms with van der Waals surface area (Å²) in [6.07, 6.45) is 0. The Morgan fingerprint density at radius 1 is 1.10 bits per heavy atom. The summed E-state index contributed by atoms with van der Waals surface area (Å²) in [7, 11) is 0. The largest absolute Gasteiger partial charge is 0.507 e. The van der Waals surface area contributed by atoms with Gasteiger partial charge in [-0.25, -0.2) is 0 Å². The van der Waals surface area contributed by atoms with Gasteiger partial charge in [0.2, 0.25) is 0 Å². The summed E-state index contributed by atoms with van der Waals surface area (Å²) in [4.78, 5) is 12.1. The second-order valence-electron chi connectivity index (χ2n) is 3.86. The fraction of sp³-hybridized carbons (Fsp3) is 0. The van der Waals surface area contributed by atoms with E-state index in [0.717, 1.165) is 0 Å². The van der Waals surface area contributed by atoms with E-state index in [9.17, 15) is 9.90 Å². The van der Waals surface area contributed by atoms with Crippen LogP contribution in [0.5, 0.6) is 5.75 Å². The minimum absolute atomic E-state index is 0.0225. The van der Waals surface area contributed by atoms with Gasteiger partial charge in [-0.05, 0) is 46.3 Å². The molecule has 0 bridgehead atoms. The second kappa shape index (κ2) is 6.35. The first-order chi connectivity index (χ1) is 9.38. The van der Waals surface area contributed by atoms with E-state index < -0.39 is 5.91 Å². The van der Waals surface area contributed by atoms with E-state index in [1.807, 2.05) is 0 Å². The monoisotopic (exact) mass is 437 g/mol. The Hall–Kier alpha value is -0.750. The molecule has 0 heterocycles. The third-order valence-corrected chi connectivity index (χ3v) is 4.18. The van der Waals surface area contributed by atoms with Gasteiger partial charge in [-0.3, -0.25) is 4.79 Å². The molecule has 0 fully saturated rings. The van der Waals surface area contributed by atoms with E-state index in [2.05, 4.69) is 37.2 Å². The fourth-order valence-corrected chi connectivity index (χ4v) is 3.05. The number of carbonyl (C=O) groups is 1. The van der Waals surface area contributed by atoms with Gasteiger partial charge < -0.3 is 10.4 Å². The van der Waals surface area contributed by atoms with Gasteiger partial charge in [0.25, 0.3) is 5.91 Å². The SMILES string of the molecule is O=C(Nc1c(Cl)cc(Br)cc1Cl)c1ccc(Br)c(O)c1. The summed E-state index contributed by atoms with van der Waals surface area (Å²) in [6.45, 7) is 0. The summed E-state index contributed by atoms with van der Waals surface area (Å²) in [5, 5.41) is 12.8. The molecule has 0 spiro atoms. The average Bonchev–Trinajstić information content (AvgIpc) is 2.36. The Morgan fingerprint density at radius 3 is 2.25 bits per heavy atom. The Balaban J connectivity index is 2.30. The first kappa shape index (κ1) is 15.6. The van der Waals surface area contributed by atoms with Crippen molar-refractivity contribution in [2.45, 2.75) is 0 Å². The van der Waals surface area contributed by atoms with Gasteiger partial charge in [0.1, 0.15) is 5.75 Å². The fourth-order valence-electron chi connectivity index (χ4n) is 1.50. The lowest BCUT2D eigenvalue weighted by atomic mass is 10.2. The number of phenols is 1. The highest BCUT2D eigenvalue weighted by Crippen LogP contribution is 2.34. The zero-order valence-electron chi connectivity index (χ0n) is 9.75. The van der Waals surface area contributed by atoms with Crippen LogP contribution in [0.4, 0.5) is 5.69 Å². The highest BCUT2D eigenvalue weighted by molar-refractivity contribution is 9.10. The molecule has 104 valence electrons. The molecule has 2 N–H and O–H groups in total. The van der Waals surface area contributed by atoms with Gasteiger partial charge in [0.15, 0.2) is 0 Å². The van der Waals surface area contributed by atoms with Crippen LogP contribution in [0.3, 0.4) is 0 Å². The van der Waals surface area contributed by atoms with Crippen LogP contribution < -0.4 is 5.32 Å². The third-order valence-electron chi connectivity index (χ3n) is 2.45. The van der Waals surface area contributed by atoms with E-state index in [4.69, 9.17) is 23.2 Å². The van der Waals surface area contributed by atoms with Crippen molar-refractivity contribution in [3.63, 3.8) is 0 Å². The van der Waals surface area contributed by atoms with Gasteiger partial charge in [0.05, 0.1) is 20.2 Å². The van der Waals surface area contributed by atoms with E-state index >= 15 is 0 Å². The quantitative estimate of drug-likeness (QED) is 0.651. The van der Waals surface area contributed by atoms with Crippen molar-refractivity contribution in [3.8, 4) is 5.75 Å². The predicted molar refractivity (Wildman–Crippen MR) is 87.9 cm³/mol. The van der Waals surface area contributed by atoms with Gasteiger partial charge >= 0.3 is 0 Å². The number of nitrogens with one attached hydrogen (secondary N) is 1. The van der Waals surface area contributed by atoms with Crippen LogP contribution in [0, 0.1) is 0 Å². The Kier molecular flexibility index (Phi) is 4.96. The van der Waals surface area contributed by atoms with Crippen molar-refractivity contribution < 1.29 is 9.90 Å². The normalized spacial score (nSPS) is 10.4. The zero-order chi connectivity index (χ0) is 14.9. The number of phenolic OH excluding ortho intramolecular Hbond substituents is 1. The van der Waals surface area contributed by atoms with Crippen LogP contribution in [-0.2, 0) is 0 Å². The molecule has 0 atom stereocenters. The van der Waals surface area contributed by atoms with E-state index in [1.165, 1.54) is 6.07 Å². The second-order valence-corrected chi connectivity index (χ2v) is 6.45. The molecule has 1 amide bonds. The Labute approximate surface area is 142 Å². The number of amides is 1. The Morgan fingerprint density at radius 2 is 1.70 bits per heavy atom. The summed E-state index contributed by atoms with van der Waals surface area (Å²) >= 11 is 18.5. The van der Waals surface area contributed by atoms with Crippen LogP contribution >= 0.6 is 55.1 Å². The molecule has 0 aliphatic carbocycles. The molecule has 2 aromatic carbocycles. The Bertz CT molecular complexity index is 669. The number of halogens is 4. The molecule has 0 saturated carbocycles. The number of aromatic hydroxyl groups is 1. The van der Waals surface area contributed by atoms with Crippen LogP contribution in [0.25, 0.3) is 0 Å². The van der Waals surface area contributed by atoms with Crippen LogP contribution in [0.2, 0.25) is 10.0 Å². The van der Waals surface area contributed by atoms with Crippen LogP contribution in [0.15, 0.2) is 39.3 Å². The van der Waals surface area contributed by atoms with E-state index in [-0.39, 0.29) is 5.75 Å². The van der Waals surface area contributed by atoms with E-state index in [1.54, 1.807) is 24.3 Å². The lowest BCUT2D eigenvalue weighted by Crippen LogP contribution is -2.12. The number of hydrogen-bond acceptors (Lipinski definition) is 2. The first-order valence-corrected chi connectivity index (χ1v) is 7.67. The van der Waals surface area contributed by atoms with Crippen LogP contribution in [0.1, 0.15) is 10.4 Å². The molecule has 20 heavy (non-hydrogen) atoms. The molecule has 0 aliphatic rings. The standard InChI is InChI=1S/C13H7Br2Cl2NO2/c14-7-4-9(16)12(10(17)5-7)18-13(20)6-1-2-8(15)11(19)3-6/h1-5,19H,(H,18,20). The van der Waals surface area contributed by atoms with Gasteiger partial charge in [-0.1, -0.05) is 39.1 Å². The lowest BCUT2D eigenvalue weighted by molar-refractivity contribution is 0.102. The highest BCUT2D eigenvalue weighted by Gasteiger charge is 2.13. The van der Waals surface area contributed by atoms with Gasteiger partial charge in [0, 0.05) is 10.0 Å². The molecule has 0 unspecified atom stereocenters. The minimum atomic E-state index is -0.418. The molecule has 2 rings (SSSR count). The third kappa shape index (κ3) is 3.47.